The molecule has 0 saturated carbocycles. The van der Waals surface area contributed by atoms with Gasteiger partial charge in [-0.2, -0.15) is 0 Å². The first-order valence-electron chi connectivity index (χ1n) is 9.42. The van der Waals surface area contributed by atoms with Crippen LogP contribution in [0.5, 0.6) is 5.75 Å². The van der Waals surface area contributed by atoms with Gasteiger partial charge in [-0.3, -0.25) is 0 Å². The minimum absolute atomic E-state index is 0.402. The largest absolute Gasteiger partial charge is 0.494 e. The van der Waals surface area contributed by atoms with Crippen molar-refractivity contribution >= 4 is 0 Å². The van der Waals surface area contributed by atoms with Crippen molar-refractivity contribution in [3.8, 4) is 5.75 Å². The first-order chi connectivity index (χ1) is 11.4. The molecule has 0 amide bonds. The van der Waals surface area contributed by atoms with E-state index in [4.69, 9.17) is 9.47 Å². The van der Waals surface area contributed by atoms with Gasteiger partial charge in [0.25, 0.3) is 0 Å². The number of hydrogen-bond acceptors (Lipinski definition) is 3. The molecule has 1 aliphatic rings. The van der Waals surface area contributed by atoms with E-state index in [1.807, 2.05) is 0 Å². The van der Waals surface area contributed by atoms with Crippen molar-refractivity contribution in [2.75, 3.05) is 19.8 Å². The molecule has 0 aliphatic carbocycles. The Balaban J connectivity index is 1.56. The van der Waals surface area contributed by atoms with Crippen LogP contribution in [0.2, 0.25) is 0 Å². The maximum atomic E-state index is 5.80. The van der Waals surface area contributed by atoms with Crippen LogP contribution in [0.15, 0.2) is 24.3 Å². The van der Waals surface area contributed by atoms with Crippen molar-refractivity contribution in [1.29, 1.82) is 0 Å². The van der Waals surface area contributed by atoms with Crippen LogP contribution in [-0.4, -0.2) is 25.9 Å². The Morgan fingerprint density at radius 2 is 1.91 bits per heavy atom. The second-order valence-corrected chi connectivity index (χ2v) is 6.53. The fourth-order valence-corrected chi connectivity index (χ4v) is 2.95. The van der Waals surface area contributed by atoms with E-state index in [2.05, 4.69) is 36.5 Å². The van der Waals surface area contributed by atoms with Crippen molar-refractivity contribution in [2.24, 2.45) is 0 Å². The van der Waals surface area contributed by atoms with E-state index in [1.165, 1.54) is 50.5 Å². The normalized spacial score (nSPS) is 18.0. The van der Waals surface area contributed by atoms with E-state index in [9.17, 15) is 0 Å². The second-order valence-electron chi connectivity index (χ2n) is 6.53. The number of nitrogens with one attached hydrogen (secondary N) is 1. The monoisotopic (exact) mass is 319 g/mol. The summed E-state index contributed by atoms with van der Waals surface area (Å²) in [4.78, 5) is 0. The molecular weight excluding hydrogens is 286 g/mol. The highest BCUT2D eigenvalue weighted by Gasteiger charge is 2.12. The van der Waals surface area contributed by atoms with Gasteiger partial charge in [0, 0.05) is 19.7 Å². The molecule has 1 heterocycles. The molecule has 1 fully saturated rings. The average Bonchev–Trinajstić information content (AvgIpc) is 2.60. The number of unbranched alkanes of at least 4 members (excludes halogenated alkanes) is 4. The standard InChI is InChI=1S/C20H33NO2/c1-2-3-4-5-7-14-22-19-12-10-18(11-13-19)16-21-17-20-9-6-8-15-23-20/h10-13,20-21H,2-9,14-17H2,1H3/t20-/m1/s1. The molecule has 1 atom stereocenters. The Bertz CT molecular complexity index is 399. The van der Waals surface area contributed by atoms with E-state index in [0.717, 1.165) is 38.5 Å². The fourth-order valence-electron chi connectivity index (χ4n) is 2.95. The topological polar surface area (TPSA) is 30.5 Å². The van der Waals surface area contributed by atoms with Crippen LogP contribution < -0.4 is 10.1 Å². The summed E-state index contributed by atoms with van der Waals surface area (Å²) in [6, 6.07) is 8.47. The summed E-state index contributed by atoms with van der Waals surface area (Å²) in [6.07, 6.45) is 10.5. The summed E-state index contributed by atoms with van der Waals surface area (Å²) in [5.41, 5.74) is 1.30. The Morgan fingerprint density at radius 1 is 1.09 bits per heavy atom. The Labute approximate surface area is 141 Å². The van der Waals surface area contributed by atoms with E-state index in [1.54, 1.807) is 0 Å². The van der Waals surface area contributed by atoms with Crippen molar-refractivity contribution in [2.45, 2.75) is 70.9 Å². The number of ether oxygens (including phenoxy) is 2. The zero-order chi connectivity index (χ0) is 16.2. The molecule has 23 heavy (non-hydrogen) atoms. The highest BCUT2D eigenvalue weighted by molar-refractivity contribution is 5.27. The summed E-state index contributed by atoms with van der Waals surface area (Å²) in [6.45, 7) is 5.86. The summed E-state index contributed by atoms with van der Waals surface area (Å²) >= 11 is 0. The molecule has 0 spiro atoms. The summed E-state index contributed by atoms with van der Waals surface area (Å²) in [5.74, 6) is 0.986. The van der Waals surface area contributed by atoms with Crippen LogP contribution >= 0.6 is 0 Å². The van der Waals surface area contributed by atoms with Crippen molar-refractivity contribution < 1.29 is 9.47 Å². The van der Waals surface area contributed by atoms with Gasteiger partial charge in [0.2, 0.25) is 0 Å². The molecule has 2 rings (SSSR count). The van der Waals surface area contributed by atoms with Gasteiger partial charge < -0.3 is 14.8 Å². The first kappa shape index (κ1) is 18.3. The Hall–Kier alpha value is -1.06. The van der Waals surface area contributed by atoms with Crippen molar-refractivity contribution in [3.05, 3.63) is 29.8 Å². The maximum Gasteiger partial charge on any atom is 0.119 e. The second kappa shape index (κ2) is 11.5. The zero-order valence-corrected chi connectivity index (χ0v) is 14.7. The van der Waals surface area contributed by atoms with Crippen molar-refractivity contribution in [1.82, 2.24) is 5.32 Å². The molecule has 1 aromatic rings. The molecule has 0 bridgehead atoms. The van der Waals surface area contributed by atoms with Crippen LogP contribution in [0.4, 0.5) is 0 Å². The van der Waals surface area contributed by atoms with Gasteiger partial charge in [0.1, 0.15) is 5.75 Å². The van der Waals surface area contributed by atoms with Crippen LogP contribution in [0.1, 0.15) is 63.9 Å². The molecule has 1 saturated heterocycles. The fraction of sp³-hybridized carbons (Fsp3) is 0.700. The number of hydrogen-bond donors (Lipinski definition) is 1. The predicted octanol–water partition coefficient (Wildman–Crippen LogP) is 4.69. The lowest BCUT2D eigenvalue weighted by molar-refractivity contribution is 0.0168. The molecule has 3 heteroatoms. The third-order valence-corrected chi connectivity index (χ3v) is 4.42. The van der Waals surface area contributed by atoms with Crippen LogP contribution in [0.3, 0.4) is 0 Å². The third-order valence-electron chi connectivity index (χ3n) is 4.42. The minimum atomic E-state index is 0.402. The summed E-state index contributed by atoms with van der Waals surface area (Å²) in [7, 11) is 0. The Kier molecular flexibility index (Phi) is 9.12. The smallest absolute Gasteiger partial charge is 0.119 e. The summed E-state index contributed by atoms with van der Waals surface area (Å²) < 4.78 is 11.5. The first-order valence-corrected chi connectivity index (χ1v) is 9.42. The van der Waals surface area contributed by atoms with Gasteiger partial charge in [-0.15, -0.1) is 0 Å². The third kappa shape index (κ3) is 7.85. The predicted molar refractivity (Wildman–Crippen MR) is 96.0 cm³/mol. The molecule has 1 aromatic carbocycles. The average molecular weight is 319 g/mol. The minimum Gasteiger partial charge on any atom is -0.494 e. The molecule has 1 aliphatic heterocycles. The molecule has 0 radical (unpaired) electrons. The van der Waals surface area contributed by atoms with Gasteiger partial charge in [-0.05, 0) is 43.4 Å². The molecular formula is C20H33NO2. The lowest BCUT2D eigenvalue weighted by atomic mass is 10.1. The SMILES string of the molecule is CCCCCCCOc1ccc(CNC[C@H]2CCCCO2)cc1. The molecule has 1 N–H and O–H groups in total. The highest BCUT2D eigenvalue weighted by atomic mass is 16.5. The molecule has 3 nitrogen and oxygen atoms in total. The van der Waals surface area contributed by atoms with Crippen LogP contribution in [-0.2, 0) is 11.3 Å². The lowest BCUT2D eigenvalue weighted by Crippen LogP contribution is -2.31. The lowest BCUT2D eigenvalue weighted by Gasteiger charge is -2.22. The van der Waals surface area contributed by atoms with Gasteiger partial charge in [0.05, 0.1) is 12.7 Å². The number of benzene rings is 1. The Morgan fingerprint density at radius 3 is 2.65 bits per heavy atom. The number of rotatable bonds is 11. The van der Waals surface area contributed by atoms with Crippen LogP contribution in [0, 0.1) is 0 Å². The van der Waals surface area contributed by atoms with Gasteiger partial charge in [0.15, 0.2) is 0 Å². The van der Waals surface area contributed by atoms with E-state index in [-0.39, 0.29) is 0 Å². The zero-order valence-electron chi connectivity index (χ0n) is 14.7. The molecule has 130 valence electrons. The highest BCUT2D eigenvalue weighted by Crippen LogP contribution is 2.14. The maximum absolute atomic E-state index is 5.80. The van der Waals surface area contributed by atoms with E-state index < -0.39 is 0 Å². The molecule has 0 aromatic heterocycles. The quantitative estimate of drug-likeness (QED) is 0.600. The molecule has 0 unspecified atom stereocenters. The van der Waals surface area contributed by atoms with Crippen LogP contribution in [0.25, 0.3) is 0 Å². The van der Waals surface area contributed by atoms with Crippen molar-refractivity contribution in [3.63, 3.8) is 0 Å². The van der Waals surface area contributed by atoms with E-state index >= 15 is 0 Å². The van der Waals surface area contributed by atoms with Gasteiger partial charge in [-0.25, -0.2) is 0 Å². The van der Waals surface area contributed by atoms with Gasteiger partial charge >= 0.3 is 0 Å². The van der Waals surface area contributed by atoms with E-state index in [0.29, 0.717) is 6.10 Å². The summed E-state index contributed by atoms with van der Waals surface area (Å²) in [5, 5.41) is 3.50. The van der Waals surface area contributed by atoms with Gasteiger partial charge in [-0.1, -0.05) is 44.7 Å².